The fraction of sp³-hybridized carbons (Fsp3) is 0.588. The monoisotopic (exact) mass is 382 g/mol. The van der Waals surface area contributed by atoms with E-state index in [1.807, 2.05) is 13.8 Å². The number of H-pyrrole nitrogens is 1. The van der Waals surface area contributed by atoms with Gasteiger partial charge in [0, 0.05) is 44.3 Å². The van der Waals surface area contributed by atoms with Crippen molar-refractivity contribution in [2.45, 2.75) is 31.2 Å². The van der Waals surface area contributed by atoms with Gasteiger partial charge in [-0.15, -0.1) is 0 Å². The van der Waals surface area contributed by atoms with E-state index in [0.29, 0.717) is 12.1 Å². The van der Waals surface area contributed by atoms with Crippen LogP contribution in [0.15, 0.2) is 32.3 Å². The van der Waals surface area contributed by atoms with Gasteiger partial charge in [0.25, 0.3) is 0 Å². The number of aromatic amines is 1. The molecule has 2 aromatic rings. The first-order valence-corrected chi connectivity index (χ1v) is 10.3. The number of hydrogen-bond donors (Lipinski definition) is 2. The summed E-state index contributed by atoms with van der Waals surface area (Å²) in [7, 11) is -3.69. The van der Waals surface area contributed by atoms with Gasteiger partial charge in [0.2, 0.25) is 10.0 Å². The largest absolute Gasteiger partial charge is 0.417 e. The Morgan fingerprint density at radius 1 is 1.23 bits per heavy atom. The molecule has 1 aromatic carbocycles. The van der Waals surface area contributed by atoms with Crippen LogP contribution >= 0.6 is 0 Å². The van der Waals surface area contributed by atoms with Crippen molar-refractivity contribution in [1.29, 1.82) is 0 Å². The van der Waals surface area contributed by atoms with Crippen LogP contribution in [0.4, 0.5) is 0 Å². The average molecular weight is 382 g/mol. The van der Waals surface area contributed by atoms with Crippen LogP contribution in [-0.2, 0) is 10.0 Å². The molecule has 0 spiro atoms. The Morgan fingerprint density at radius 3 is 2.58 bits per heavy atom. The quantitative estimate of drug-likeness (QED) is 0.767. The summed E-state index contributed by atoms with van der Waals surface area (Å²) in [4.78, 5) is 18.5. The molecule has 1 aliphatic rings. The van der Waals surface area contributed by atoms with Crippen molar-refractivity contribution in [2.24, 2.45) is 0 Å². The van der Waals surface area contributed by atoms with E-state index in [1.165, 1.54) is 18.2 Å². The summed E-state index contributed by atoms with van der Waals surface area (Å²) in [6.45, 7) is 11.4. The molecule has 1 aromatic heterocycles. The first kappa shape index (κ1) is 19.1. The van der Waals surface area contributed by atoms with E-state index in [9.17, 15) is 13.2 Å². The maximum atomic E-state index is 12.6. The van der Waals surface area contributed by atoms with Crippen LogP contribution < -0.4 is 10.5 Å². The van der Waals surface area contributed by atoms with Crippen LogP contribution in [0.5, 0.6) is 0 Å². The lowest BCUT2D eigenvalue weighted by atomic mass is 10.0. The molecule has 0 unspecified atom stereocenters. The summed E-state index contributed by atoms with van der Waals surface area (Å²) in [5, 5.41) is 0. The molecule has 0 bridgehead atoms. The van der Waals surface area contributed by atoms with Gasteiger partial charge >= 0.3 is 5.76 Å². The lowest BCUT2D eigenvalue weighted by Crippen LogP contribution is -2.58. The Labute approximate surface area is 153 Å². The number of piperazine rings is 1. The standard InChI is InChI=1S/C17H26N4O4S/c1-4-20-7-9-21(10-8-20)17(2,3)12-18-26(23,24)13-5-6-14-15(11-13)25-16(22)19-14/h5-6,11,18H,4,7-10,12H2,1-3H3,(H,19,22). The average Bonchev–Trinajstić information content (AvgIpc) is 2.99. The van der Waals surface area contributed by atoms with Crippen LogP contribution in [0.1, 0.15) is 20.8 Å². The molecule has 0 amide bonds. The first-order chi connectivity index (χ1) is 12.2. The van der Waals surface area contributed by atoms with Crippen LogP contribution in [-0.4, -0.2) is 68.0 Å². The van der Waals surface area contributed by atoms with Crippen molar-refractivity contribution in [2.75, 3.05) is 39.3 Å². The second kappa shape index (κ2) is 7.15. The van der Waals surface area contributed by atoms with Gasteiger partial charge in [0.1, 0.15) is 0 Å². The van der Waals surface area contributed by atoms with Crippen molar-refractivity contribution >= 4 is 21.1 Å². The van der Waals surface area contributed by atoms with E-state index in [0.717, 1.165) is 32.7 Å². The number of hydrogen-bond acceptors (Lipinski definition) is 6. The van der Waals surface area contributed by atoms with E-state index in [1.54, 1.807) is 0 Å². The van der Waals surface area contributed by atoms with Gasteiger partial charge in [0.15, 0.2) is 5.58 Å². The third-order valence-electron chi connectivity index (χ3n) is 5.07. The molecule has 1 fully saturated rings. The van der Waals surface area contributed by atoms with Gasteiger partial charge in [-0.25, -0.2) is 17.9 Å². The predicted molar refractivity (Wildman–Crippen MR) is 99.8 cm³/mol. The number of likely N-dealkylation sites (N-methyl/N-ethyl adjacent to an activating group) is 1. The molecule has 0 atom stereocenters. The van der Waals surface area contributed by atoms with Crippen molar-refractivity contribution < 1.29 is 12.8 Å². The first-order valence-electron chi connectivity index (χ1n) is 8.81. The molecule has 26 heavy (non-hydrogen) atoms. The minimum atomic E-state index is -3.69. The summed E-state index contributed by atoms with van der Waals surface area (Å²) >= 11 is 0. The topological polar surface area (TPSA) is 98.6 Å². The Kier molecular flexibility index (Phi) is 5.25. The predicted octanol–water partition coefficient (Wildman–Crippen LogP) is 0.816. The molecule has 8 nitrogen and oxygen atoms in total. The maximum absolute atomic E-state index is 12.6. The third-order valence-corrected chi connectivity index (χ3v) is 6.47. The van der Waals surface area contributed by atoms with Crippen LogP contribution in [0, 0.1) is 0 Å². The van der Waals surface area contributed by atoms with Crippen molar-refractivity contribution in [3.8, 4) is 0 Å². The molecular formula is C17H26N4O4S. The van der Waals surface area contributed by atoms with Crippen LogP contribution in [0.2, 0.25) is 0 Å². The van der Waals surface area contributed by atoms with Crippen LogP contribution in [0.25, 0.3) is 11.1 Å². The number of aromatic nitrogens is 1. The molecule has 144 valence electrons. The Bertz CT molecular complexity index is 924. The van der Waals surface area contributed by atoms with E-state index in [-0.39, 0.29) is 16.0 Å². The third kappa shape index (κ3) is 4.01. The van der Waals surface area contributed by atoms with Gasteiger partial charge in [-0.2, -0.15) is 0 Å². The second-order valence-corrected chi connectivity index (χ2v) is 9.00. The number of nitrogens with one attached hydrogen (secondary N) is 2. The summed E-state index contributed by atoms with van der Waals surface area (Å²) in [5.74, 6) is -0.602. The van der Waals surface area contributed by atoms with Gasteiger partial charge in [-0.3, -0.25) is 9.88 Å². The number of oxazole rings is 1. The minimum Gasteiger partial charge on any atom is -0.408 e. The second-order valence-electron chi connectivity index (χ2n) is 7.23. The fourth-order valence-electron chi connectivity index (χ4n) is 3.23. The highest BCUT2D eigenvalue weighted by molar-refractivity contribution is 7.89. The number of sulfonamides is 1. The van der Waals surface area contributed by atoms with Gasteiger partial charge < -0.3 is 9.32 Å². The lowest BCUT2D eigenvalue weighted by Gasteiger charge is -2.44. The van der Waals surface area contributed by atoms with Crippen molar-refractivity contribution in [3.05, 3.63) is 28.7 Å². The zero-order valence-corrected chi connectivity index (χ0v) is 16.2. The Balaban J connectivity index is 1.69. The molecule has 3 rings (SSSR count). The number of nitrogens with zero attached hydrogens (tertiary/aromatic N) is 2. The highest BCUT2D eigenvalue weighted by atomic mass is 32.2. The molecule has 2 heterocycles. The molecule has 1 saturated heterocycles. The highest BCUT2D eigenvalue weighted by Gasteiger charge is 2.31. The van der Waals surface area contributed by atoms with Gasteiger partial charge in [-0.05, 0) is 32.5 Å². The summed E-state index contributed by atoms with van der Waals surface area (Å²) in [5.41, 5.74) is 0.411. The van der Waals surface area contributed by atoms with Crippen LogP contribution in [0.3, 0.4) is 0 Å². The Morgan fingerprint density at radius 2 is 1.92 bits per heavy atom. The molecular weight excluding hydrogens is 356 g/mol. The lowest BCUT2D eigenvalue weighted by molar-refractivity contribution is 0.0571. The summed E-state index contributed by atoms with van der Waals surface area (Å²) in [6, 6.07) is 4.36. The number of benzene rings is 1. The SMILES string of the molecule is CCN1CCN(C(C)(C)CNS(=O)(=O)c2ccc3[nH]c(=O)oc3c2)CC1. The van der Waals surface area contributed by atoms with E-state index >= 15 is 0 Å². The number of fused-ring (bicyclic) bond motifs is 1. The molecule has 1 aliphatic heterocycles. The Hall–Kier alpha value is -1.68. The zero-order valence-electron chi connectivity index (χ0n) is 15.4. The van der Waals surface area contributed by atoms with Crippen molar-refractivity contribution in [3.63, 3.8) is 0 Å². The molecule has 9 heteroatoms. The normalized spacial score (nSPS) is 17.8. The summed E-state index contributed by atoms with van der Waals surface area (Å²) < 4.78 is 32.9. The highest BCUT2D eigenvalue weighted by Crippen LogP contribution is 2.19. The molecule has 0 radical (unpaired) electrons. The van der Waals surface area contributed by atoms with E-state index < -0.39 is 15.8 Å². The van der Waals surface area contributed by atoms with Gasteiger partial charge in [0.05, 0.1) is 10.4 Å². The zero-order chi connectivity index (χ0) is 18.9. The number of rotatable bonds is 6. The summed E-state index contributed by atoms with van der Waals surface area (Å²) in [6.07, 6.45) is 0. The van der Waals surface area contributed by atoms with E-state index in [4.69, 9.17) is 4.42 Å². The fourth-order valence-corrected chi connectivity index (χ4v) is 4.45. The molecule has 0 saturated carbocycles. The maximum Gasteiger partial charge on any atom is 0.417 e. The smallest absolute Gasteiger partial charge is 0.408 e. The molecule has 2 N–H and O–H groups in total. The minimum absolute atomic E-state index is 0.0827. The van der Waals surface area contributed by atoms with Gasteiger partial charge in [-0.1, -0.05) is 6.92 Å². The van der Waals surface area contributed by atoms with Crippen molar-refractivity contribution in [1.82, 2.24) is 19.5 Å². The van der Waals surface area contributed by atoms with E-state index in [2.05, 4.69) is 26.4 Å². The molecule has 0 aliphatic carbocycles.